The normalized spacial score (nSPS) is 28.8. The molecule has 1 rings (SSSR count). The number of hydrogen-bond donors (Lipinski definition) is 2. The Balaban J connectivity index is 2.36. The monoisotopic (exact) mass is 200 g/mol. The van der Waals surface area contributed by atoms with Gasteiger partial charge >= 0.3 is 0 Å². The molecule has 3 N–H and O–H groups in total. The lowest BCUT2D eigenvalue weighted by atomic mass is 9.99. The van der Waals surface area contributed by atoms with Gasteiger partial charge in [0.2, 0.25) is 5.91 Å². The smallest absolute Gasteiger partial charge is 0.224 e. The molecule has 1 aliphatic rings. The molecule has 0 aromatic carbocycles. The fourth-order valence-electron chi connectivity index (χ4n) is 1.89. The lowest BCUT2D eigenvalue weighted by Crippen LogP contribution is -2.35. The predicted octanol–water partition coefficient (Wildman–Crippen LogP) is 0.265. The van der Waals surface area contributed by atoms with E-state index < -0.39 is 0 Å². The van der Waals surface area contributed by atoms with Gasteiger partial charge in [-0.25, -0.2) is 0 Å². The van der Waals surface area contributed by atoms with Crippen molar-refractivity contribution >= 4 is 5.91 Å². The Morgan fingerprint density at radius 1 is 1.64 bits per heavy atom. The fraction of sp³-hybridized carbons (Fsp3) is 0.900. The number of nitrogens with one attached hydrogen (secondary N) is 1. The number of hydrogen-bond acceptors (Lipinski definition) is 3. The number of amides is 1. The summed E-state index contributed by atoms with van der Waals surface area (Å²) in [5.74, 6) is -0.0778. The molecule has 1 heterocycles. The molecule has 0 bridgehead atoms. The molecule has 3 unspecified atom stereocenters. The van der Waals surface area contributed by atoms with E-state index in [1.807, 2.05) is 0 Å². The highest BCUT2D eigenvalue weighted by atomic mass is 16.5. The first-order valence-electron chi connectivity index (χ1n) is 5.24. The number of carbonyl (C=O) groups is 1. The predicted molar refractivity (Wildman–Crippen MR) is 54.8 cm³/mol. The fourth-order valence-corrected chi connectivity index (χ4v) is 1.89. The third-order valence-electron chi connectivity index (χ3n) is 2.77. The van der Waals surface area contributed by atoms with E-state index in [1.165, 1.54) is 0 Å². The Bertz CT molecular complexity index is 197. The van der Waals surface area contributed by atoms with Gasteiger partial charge in [-0.2, -0.15) is 0 Å². The molecule has 4 nitrogen and oxygen atoms in total. The van der Waals surface area contributed by atoms with E-state index in [4.69, 9.17) is 10.5 Å². The average molecular weight is 200 g/mol. The molecule has 14 heavy (non-hydrogen) atoms. The minimum absolute atomic E-state index is 0.0238. The third kappa shape index (κ3) is 2.96. The van der Waals surface area contributed by atoms with Gasteiger partial charge in [0, 0.05) is 13.6 Å². The van der Waals surface area contributed by atoms with Crippen LogP contribution in [0.5, 0.6) is 0 Å². The van der Waals surface area contributed by atoms with Crippen molar-refractivity contribution in [1.29, 1.82) is 0 Å². The van der Waals surface area contributed by atoms with Crippen molar-refractivity contribution in [2.75, 3.05) is 13.6 Å². The van der Waals surface area contributed by atoms with Crippen molar-refractivity contribution in [3.05, 3.63) is 0 Å². The van der Waals surface area contributed by atoms with Crippen molar-refractivity contribution in [1.82, 2.24) is 5.32 Å². The Morgan fingerprint density at radius 3 is 2.79 bits per heavy atom. The summed E-state index contributed by atoms with van der Waals surface area (Å²) in [7, 11) is 1.64. The number of rotatable bonds is 4. The summed E-state index contributed by atoms with van der Waals surface area (Å²) in [4.78, 5) is 11.4. The summed E-state index contributed by atoms with van der Waals surface area (Å²) in [6.07, 6.45) is 3.45. The lowest BCUT2D eigenvalue weighted by molar-refractivity contribution is -0.125. The summed E-state index contributed by atoms with van der Waals surface area (Å²) in [6, 6.07) is 0. The zero-order chi connectivity index (χ0) is 10.6. The molecule has 0 spiro atoms. The van der Waals surface area contributed by atoms with E-state index in [0.29, 0.717) is 12.6 Å². The van der Waals surface area contributed by atoms with E-state index in [1.54, 1.807) is 7.05 Å². The zero-order valence-corrected chi connectivity index (χ0v) is 8.95. The van der Waals surface area contributed by atoms with Crippen molar-refractivity contribution < 1.29 is 9.53 Å². The summed E-state index contributed by atoms with van der Waals surface area (Å²) in [5, 5.41) is 2.63. The molecule has 0 aromatic heterocycles. The molecule has 1 aliphatic heterocycles. The van der Waals surface area contributed by atoms with Gasteiger partial charge in [0.15, 0.2) is 0 Å². The second kappa shape index (κ2) is 5.32. The van der Waals surface area contributed by atoms with Gasteiger partial charge in [-0.3, -0.25) is 4.79 Å². The molecule has 0 aromatic rings. The quantitative estimate of drug-likeness (QED) is 0.684. The molecule has 3 atom stereocenters. The van der Waals surface area contributed by atoms with Gasteiger partial charge in [-0.15, -0.1) is 0 Å². The highest BCUT2D eigenvalue weighted by Crippen LogP contribution is 2.24. The summed E-state index contributed by atoms with van der Waals surface area (Å²) >= 11 is 0. The average Bonchev–Trinajstić information content (AvgIpc) is 2.59. The van der Waals surface area contributed by atoms with Crippen LogP contribution in [0.15, 0.2) is 0 Å². The summed E-state index contributed by atoms with van der Waals surface area (Å²) in [6.45, 7) is 2.46. The molecule has 0 aliphatic carbocycles. The second-order valence-corrected chi connectivity index (χ2v) is 3.93. The van der Waals surface area contributed by atoms with Crippen LogP contribution in [0.4, 0.5) is 0 Å². The van der Waals surface area contributed by atoms with Gasteiger partial charge < -0.3 is 15.8 Å². The molecule has 0 saturated carbocycles. The Labute approximate surface area is 85.2 Å². The molecular weight excluding hydrogens is 180 g/mol. The topological polar surface area (TPSA) is 64.4 Å². The van der Waals surface area contributed by atoms with Crippen LogP contribution in [0.25, 0.3) is 0 Å². The van der Waals surface area contributed by atoms with E-state index in [-0.39, 0.29) is 17.9 Å². The van der Waals surface area contributed by atoms with Crippen LogP contribution in [-0.4, -0.2) is 31.7 Å². The summed E-state index contributed by atoms with van der Waals surface area (Å²) in [5.41, 5.74) is 5.55. The molecule has 82 valence electrons. The van der Waals surface area contributed by atoms with Gasteiger partial charge in [0.1, 0.15) is 0 Å². The van der Waals surface area contributed by atoms with Crippen LogP contribution in [0.3, 0.4) is 0 Å². The van der Waals surface area contributed by atoms with Crippen molar-refractivity contribution in [3.8, 4) is 0 Å². The van der Waals surface area contributed by atoms with Crippen LogP contribution >= 0.6 is 0 Å². The molecule has 1 amide bonds. The standard InChI is InChI=1S/C10H20N2O2/c1-7-3-4-9(14-7)5-8(6-11)10(13)12-2/h7-9H,3-6,11H2,1-2H3,(H,12,13). The third-order valence-corrected chi connectivity index (χ3v) is 2.77. The molecule has 1 fully saturated rings. The van der Waals surface area contributed by atoms with E-state index in [0.717, 1.165) is 19.3 Å². The van der Waals surface area contributed by atoms with Crippen LogP contribution in [0, 0.1) is 5.92 Å². The Kier molecular flexibility index (Phi) is 4.35. The maximum Gasteiger partial charge on any atom is 0.224 e. The minimum atomic E-state index is -0.102. The maximum absolute atomic E-state index is 11.4. The van der Waals surface area contributed by atoms with Crippen LogP contribution in [-0.2, 0) is 9.53 Å². The van der Waals surface area contributed by atoms with Crippen molar-refractivity contribution in [3.63, 3.8) is 0 Å². The minimum Gasteiger partial charge on any atom is -0.375 e. The molecule has 0 radical (unpaired) electrons. The molecular formula is C10H20N2O2. The number of ether oxygens (including phenoxy) is 1. The van der Waals surface area contributed by atoms with Crippen LogP contribution < -0.4 is 11.1 Å². The van der Waals surface area contributed by atoms with Crippen molar-refractivity contribution in [2.24, 2.45) is 11.7 Å². The van der Waals surface area contributed by atoms with Gasteiger partial charge in [0.25, 0.3) is 0 Å². The van der Waals surface area contributed by atoms with Gasteiger partial charge in [-0.05, 0) is 26.2 Å². The van der Waals surface area contributed by atoms with E-state index >= 15 is 0 Å². The summed E-state index contributed by atoms with van der Waals surface area (Å²) < 4.78 is 5.65. The van der Waals surface area contributed by atoms with E-state index in [9.17, 15) is 4.79 Å². The number of carbonyl (C=O) groups excluding carboxylic acids is 1. The molecule has 4 heteroatoms. The van der Waals surface area contributed by atoms with Crippen LogP contribution in [0.1, 0.15) is 26.2 Å². The lowest BCUT2D eigenvalue weighted by Gasteiger charge is -2.17. The van der Waals surface area contributed by atoms with Gasteiger partial charge in [0.05, 0.1) is 18.1 Å². The molecule has 1 saturated heterocycles. The van der Waals surface area contributed by atoms with Crippen molar-refractivity contribution in [2.45, 2.75) is 38.4 Å². The largest absolute Gasteiger partial charge is 0.375 e. The second-order valence-electron chi connectivity index (χ2n) is 3.93. The van der Waals surface area contributed by atoms with Crippen LogP contribution in [0.2, 0.25) is 0 Å². The van der Waals surface area contributed by atoms with Gasteiger partial charge in [-0.1, -0.05) is 0 Å². The highest BCUT2D eigenvalue weighted by Gasteiger charge is 2.27. The first-order chi connectivity index (χ1) is 6.67. The van der Waals surface area contributed by atoms with E-state index in [2.05, 4.69) is 12.2 Å². The zero-order valence-electron chi connectivity index (χ0n) is 8.95. The first kappa shape index (κ1) is 11.5. The Hall–Kier alpha value is -0.610. The maximum atomic E-state index is 11.4. The number of nitrogens with two attached hydrogens (primary N) is 1. The Morgan fingerprint density at radius 2 is 2.36 bits per heavy atom. The highest BCUT2D eigenvalue weighted by molar-refractivity contribution is 5.78. The SMILES string of the molecule is CNC(=O)C(CN)CC1CCC(C)O1. The first-order valence-corrected chi connectivity index (χ1v) is 5.24.